The molecule has 0 spiro atoms. The van der Waals surface area contributed by atoms with Crippen LogP contribution in [0, 0.1) is 6.92 Å². The number of carbonyl (C=O) groups is 1. The summed E-state index contributed by atoms with van der Waals surface area (Å²) in [5.41, 5.74) is 1.20. The SMILES string of the molecule is Cc1ccc2nc(C(=O)N[C@H](c3cccnc3)C(F)(F)F)cn2c1. The van der Waals surface area contributed by atoms with Gasteiger partial charge in [-0.1, -0.05) is 12.1 Å². The summed E-state index contributed by atoms with van der Waals surface area (Å²) in [5, 5.41) is 1.99. The average molecular weight is 334 g/mol. The number of aromatic nitrogens is 3. The third kappa shape index (κ3) is 3.22. The Balaban J connectivity index is 1.90. The maximum atomic E-state index is 13.3. The van der Waals surface area contributed by atoms with Gasteiger partial charge in [-0.3, -0.25) is 9.78 Å². The number of amides is 1. The summed E-state index contributed by atoms with van der Waals surface area (Å²) in [6.07, 6.45) is 0.929. The van der Waals surface area contributed by atoms with Crippen molar-refractivity contribution < 1.29 is 18.0 Å². The molecular formula is C16H13F3N4O. The van der Waals surface area contributed by atoms with Gasteiger partial charge in [0.25, 0.3) is 5.91 Å². The van der Waals surface area contributed by atoms with Gasteiger partial charge in [-0.25, -0.2) is 4.98 Å². The van der Waals surface area contributed by atoms with Crippen LogP contribution in [0.2, 0.25) is 0 Å². The van der Waals surface area contributed by atoms with E-state index in [-0.39, 0.29) is 11.3 Å². The lowest BCUT2D eigenvalue weighted by molar-refractivity contribution is -0.155. The van der Waals surface area contributed by atoms with Crippen LogP contribution < -0.4 is 5.32 Å². The summed E-state index contributed by atoms with van der Waals surface area (Å²) >= 11 is 0. The standard InChI is InChI=1S/C16H13F3N4O/c1-10-4-5-13-21-12(9-23(13)8-10)15(24)22-14(16(17,18)19)11-3-2-6-20-7-11/h2-9,14H,1H3,(H,22,24)/t14-/m1/s1. The maximum Gasteiger partial charge on any atom is 0.412 e. The molecule has 3 heterocycles. The van der Waals surface area contributed by atoms with Gasteiger partial charge in [0.05, 0.1) is 0 Å². The predicted octanol–water partition coefficient (Wildman–Crippen LogP) is 3.07. The second-order valence-electron chi connectivity index (χ2n) is 5.33. The van der Waals surface area contributed by atoms with Gasteiger partial charge in [-0.2, -0.15) is 13.2 Å². The summed E-state index contributed by atoms with van der Waals surface area (Å²) in [7, 11) is 0. The second kappa shape index (κ2) is 5.95. The summed E-state index contributed by atoms with van der Waals surface area (Å²) in [5.74, 6) is -0.900. The van der Waals surface area contributed by atoms with Crippen molar-refractivity contribution in [3.8, 4) is 0 Å². The minimum absolute atomic E-state index is 0.0845. The van der Waals surface area contributed by atoms with Crippen molar-refractivity contribution >= 4 is 11.6 Å². The molecule has 5 nitrogen and oxygen atoms in total. The molecule has 0 bridgehead atoms. The molecule has 8 heteroatoms. The normalized spacial score (nSPS) is 13.0. The van der Waals surface area contributed by atoms with Gasteiger partial charge >= 0.3 is 6.18 Å². The summed E-state index contributed by atoms with van der Waals surface area (Å²) < 4.78 is 41.4. The molecule has 0 saturated carbocycles. The first-order chi connectivity index (χ1) is 11.3. The van der Waals surface area contributed by atoms with Gasteiger partial charge < -0.3 is 9.72 Å². The van der Waals surface area contributed by atoms with E-state index < -0.39 is 18.1 Å². The summed E-state index contributed by atoms with van der Waals surface area (Å²) in [4.78, 5) is 19.9. The fourth-order valence-electron chi connectivity index (χ4n) is 2.32. The monoisotopic (exact) mass is 334 g/mol. The first-order valence-corrected chi connectivity index (χ1v) is 7.07. The molecule has 24 heavy (non-hydrogen) atoms. The fourth-order valence-corrected chi connectivity index (χ4v) is 2.32. The number of nitrogens with zero attached hydrogens (tertiary/aromatic N) is 3. The molecule has 1 atom stereocenters. The van der Waals surface area contributed by atoms with Crippen molar-refractivity contribution in [1.29, 1.82) is 0 Å². The van der Waals surface area contributed by atoms with Crippen LogP contribution in [0.5, 0.6) is 0 Å². The molecule has 3 aromatic heterocycles. The topological polar surface area (TPSA) is 59.3 Å². The molecule has 0 aromatic carbocycles. The highest BCUT2D eigenvalue weighted by atomic mass is 19.4. The lowest BCUT2D eigenvalue weighted by Gasteiger charge is -2.21. The number of imidazole rings is 1. The zero-order valence-corrected chi connectivity index (χ0v) is 12.6. The quantitative estimate of drug-likeness (QED) is 0.801. The van der Waals surface area contributed by atoms with E-state index in [4.69, 9.17) is 0 Å². The van der Waals surface area contributed by atoms with Crippen LogP contribution in [0.3, 0.4) is 0 Å². The number of hydrogen-bond acceptors (Lipinski definition) is 3. The fraction of sp³-hybridized carbons (Fsp3) is 0.188. The molecule has 0 saturated heterocycles. The van der Waals surface area contributed by atoms with Crippen LogP contribution in [0.25, 0.3) is 5.65 Å². The molecule has 3 rings (SSSR count). The average Bonchev–Trinajstić information content (AvgIpc) is 2.95. The van der Waals surface area contributed by atoms with E-state index >= 15 is 0 Å². The highest BCUT2D eigenvalue weighted by Crippen LogP contribution is 2.32. The van der Waals surface area contributed by atoms with Gasteiger partial charge in [-0.05, 0) is 24.6 Å². The Hall–Kier alpha value is -2.90. The van der Waals surface area contributed by atoms with Gasteiger partial charge in [0, 0.05) is 30.4 Å². The first-order valence-electron chi connectivity index (χ1n) is 7.07. The van der Waals surface area contributed by atoms with Crippen molar-refractivity contribution in [1.82, 2.24) is 19.7 Å². The maximum absolute atomic E-state index is 13.3. The van der Waals surface area contributed by atoms with Crippen molar-refractivity contribution in [2.45, 2.75) is 19.1 Å². The second-order valence-corrected chi connectivity index (χ2v) is 5.33. The van der Waals surface area contributed by atoms with Crippen LogP contribution in [0.4, 0.5) is 13.2 Å². The summed E-state index contributed by atoms with van der Waals surface area (Å²) in [6.45, 7) is 1.86. The molecule has 0 fully saturated rings. The number of rotatable bonds is 3. The molecular weight excluding hydrogens is 321 g/mol. The Morgan fingerprint density at radius 3 is 2.71 bits per heavy atom. The third-order valence-corrected chi connectivity index (χ3v) is 3.45. The van der Waals surface area contributed by atoms with Crippen LogP contribution in [-0.2, 0) is 0 Å². The van der Waals surface area contributed by atoms with Gasteiger partial charge in [-0.15, -0.1) is 0 Å². The number of fused-ring (bicyclic) bond motifs is 1. The Labute approximate surface area is 135 Å². The van der Waals surface area contributed by atoms with Crippen molar-refractivity contribution in [3.05, 3.63) is 65.9 Å². The minimum Gasteiger partial charge on any atom is -0.335 e. The molecule has 0 aliphatic carbocycles. The smallest absolute Gasteiger partial charge is 0.335 e. The highest BCUT2D eigenvalue weighted by Gasteiger charge is 2.42. The lowest BCUT2D eigenvalue weighted by Crippen LogP contribution is -2.38. The Bertz CT molecular complexity index is 874. The molecule has 3 aromatic rings. The first kappa shape index (κ1) is 16.0. The van der Waals surface area contributed by atoms with E-state index in [1.807, 2.05) is 12.2 Å². The van der Waals surface area contributed by atoms with Crippen LogP contribution in [0.1, 0.15) is 27.7 Å². The van der Waals surface area contributed by atoms with E-state index in [9.17, 15) is 18.0 Å². The molecule has 0 aliphatic heterocycles. The van der Waals surface area contributed by atoms with Gasteiger partial charge in [0.15, 0.2) is 6.04 Å². The zero-order valence-electron chi connectivity index (χ0n) is 12.6. The number of pyridine rings is 2. The van der Waals surface area contributed by atoms with Crippen LogP contribution in [-0.4, -0.2) is 26.5 Å². The van der Waals surface area contributed by atoms with Crippen LogP contribution >= 0.6 is 0 Å². The Morgan fingerprint density at radius 2 is 2.04 bits per heavy atom. The number of hydrogen-bond donors (Lipinski definition) is 1. The van der Waals surface area contributed by atoms with Crippen molar-refractivity contribution in [2.75, 3.05) is 0 Å². The number of aryl methyl sites for hydroxylation is 1. The predicted molar refractivity (Wildman–Crippen MR) is 80.4 cm³/mol. The van der Waals surface area contributed by atoms with Crippen molar-refractivity contribution in [2.24, 2.45) is 0 Å². The van der Waals surface area contributed by atoms with E-state index in [0.717, 1.165) is 11.8 Å². The highest BCUT2D eigenvalue weighted by molar-refractivity contribution is 5.93. The number of nitrogens with one attached hydrogen (secondary N) is 1. The van der Waals surface area contributed by atoms with Gasteiger partial charge in [0.2, 0.25) is 0 Å². The van der Waals surface area contributed by atoms with E-state index in [0.29, 0.717) is 5.65 Å². The minimum atomic E-state index is -4.64. The largest absolute Gasteiger partial charge is 0.412 e. The Kier molecular flexibility index (Phi) is 3.96. The lowest BCUT2D eigenvalue weighted by atomic mass is 10.1. The molecule has 0 unspecified atom stereocenters. The van der Waals surface area contributed by atoms with E-state index in [2.05, 4.69) is 9.97 Å². The zero-order chi connectivity index (χ0) is 17.3. The summed E-state index contributed by atoms with van der Waals surface area (Å²) in [6, 6.07) is 3.99. The van der Waals surface area contributed by atoms with E-state index in [1.165, 1.54) is 24.5 Å². The Morgan fingerprint density at radius 1 is 1.25 bits per heavy atom. The van der Waals surface area contributed by atoms with Crippen molar-refractivity contribution in [3.63, 3.8) is 0 Å². The number of alkyl halides is 3. The molecule has 124 valence electrons. The molecule has 0 aliphatic rings. The van der Waals surface area contributed by atoms with E-state index in [1.54, 1.807) is 22.7 Å². The third-order valence-electron chi connectivity index (χ3n) is 3.45. The molecule has 1 amide bonds. The molecule has 0 radical (unpaired) electrons. The van der Waals surface area contributed by atoms with Crippen LogP contribution in [0.15, 0.2) is 49.1 Å². The van der Waals surface area contributed by atoms with Gasteiger partial charge in [0.1, 0.15) is 11.3 Å². The molecule has 1 N–H and O–H groups in total. The number of carbonyl (C=O) groups excluding carboxylic acids is 1. The number of halogens is 3.